The second-order valence-corrected chi connectivity index (χ2v) is 7.65. The quantitative estimate of drug-likeness (QED) is 0.724. The molecule has 0 radical (unpaired) electrons. The maximum absolute atomic E-state index is 12.3. The van der Waals surface area contributed by atoms with Crippen molar-refractivity contribution in [3.63, 3.8) is 0 Å². The zero-order valence-electron chi connectivity index (χ0n) is 17.5. The normalized spacial score (nSPS) is 18.3. The molecule has 2 aliphatic rings. The summed E-state index contributed by atoms with van der Waals surface area (Å²) in [6.07, 6.45) is 0.223. The van der Waals surface area contributed by atoms with E-state index in [4.69, 9.17) is 14.6 Å². The Hall–Kier alpha value is -3.22. The number of piperidine rings is 1. The number of halogens is 3. The summed E-state index contributed by atoms with van der Waals surface area (Å²) in [5.74, 6) is -1.87. The van der Waals surface area contributed by atoms with Gasteiger partial charge in [0.15, 0.2) is 5.82 Å². The number of hydrogen-bond donors (Lipinski definition) is 1. The number of nitrogens with zero attached hydrogens (tertiary/aromatic N) is 6. The first-order valence-corrected chi connectivity index (χ1v) is 9.77. The average Bonchev–Trinajstić information content (AvgIpc) is 3.17. The number of alkyl halides is 3. The molecule has 32 heavy (non-hydrogen) atoms. The van der Waals surface area contributed by atoms with Gasteiger partial charge < -0.3 is 19.6 Å². The Balaban J connectivity index is 0.000000360. The van der Waals surface area contributed by atoms with Crippen molar-refractivity contribution in [2.75, 3.05) is 36.0 Å². The molecule has 174 valence electrons. The van der Waals surface area contributed by atoms with Crippen LogP contribution in [-0.2, 0) is 21.4 Å². The number of carboxylic acid groups (broad SMARTS) is 1. The van der Waals surface area contributed by atoms with Gasteiger partial charge in [0.1, 0.15) is 6.61 Å². The Morgan fingerprint density at radius 3 is 2.38 bits per heavy atom. The van der Waals surface area contributed by atoms with Crippen LogP contribution in [0.3, 0.4) is 0 Å². The molecule has 2 aromatic heterocycles. The van der Waals surface area contributed by atoms with Crippen molar-refractivity contribution in [1.82, 2.24) is 20.0 Å². The van der Waals surface area contributed by atoms with Crippen LogP contribution in [-0.4, -0.2) is 75.0 Å². The molecule has 0 atom stereocenters. The second-order valence-electron chi connectivity index (χ2n) is 7.65. The van der Waals surface area contributed by atoms with Crippen LogP contribution in [0.4, 0.5) is 24.7 Å². The number of aliphatic carboxylic acids is 1. The summed E-state index contributed by atoms with van der Waals surface area (Å²) in [5.41, 5.74) is 1.46. The molecule has 0 saturated carbocycles. The van der Waals surface area contributed by atoms with Crippen LogP contribution in [0, 0.1) is 6.92 Å². The van der Waals surface area contributed by atoms with Gasteiger partial charge in [0.05, 0.1) is 29.7 Å². The predicted octanol–water partition coefficient (Wildman–Crippen LogP) is 1.55. The number of carbonyl (C=O) groups excluding carboxylic acids is 1. The Labute approximate surface area is 181 Å². The standard InChI is InChI=1S/C17H22N6O2.C2HF3O2/c1-13-3-4-15(20-19-13)22-7-5-17(6-8-22)12-23(16(24)11-25-17)14-9-18-21(2)10-14;3-2(4,5)1(6)7/h3-4,9-10H,5-8,11-12H2,1-2H3;(H,6,7). The molecule has 2 fully saturated rings. The fourth-order valence-electron chi connectivity index (χ4n) is 3.50. The Kier molecular flexibility index (Phi) is 6.67. The minimum atomic E-state index is -5.08. The molecular weight excluding hydrogens is 433 g/mol. The fraction of sp³-hybridized carbons (Fsp3) is 0.526. The van der Waals surface area contributed by atoms with E-state index in [0.717, 1.165) is 43.1 Å². The molecule has 0 bridgehead atoms. The number of anilines is 2. The third-order valence-electron chi connectivity index (χ3n) is 5.28. The molecule has 4 rings (SSSR count). The van der Waals surface area contributed by atoms with E-state index in [-0.39, 0.29) is 18.1 Å². The average molecular weight is 456 g/mol. The predicted molar refractivity (Wildman–Crippen MR) is 106 cm³/mol. The zero-order valence-corrected chi connectivity index (χ0v) is 17.5. The van der Waals surface area contributed by atoms with Crippen LogP contribution < -0.4 is 9.80 Å². The lowest BCUT2D eigenvalue weighted by molar-refractivity contribution is -0.192. The van der Waals surface area contributed by atoms with Gasteiger partial charge in [-0.25, -0.2) is 4.79 Å². The first-order chi connectivity index (χ1) is 15.0. The van der Waals surface area contributed by atoms with Gasteiger partial charge in [-0.1, -0.05) is 0 Å². The highest BCUT2D eigenvalue weighted by Crippen LogP contribution is 2.33. The maximum atomic E-state index is 12.3. The Morgan fingerprint density at radius 1 is 1.22 bits per heavy atom. The van der Waals surface area contributed by atoms with E-state index in [9.17, 15) is 18.0 Å². The van der Waals surface area contributed by atoms with Gasteiger partial charge in [-0.2, -0.15) is 23.4 Å². The molecule has 0 aromatic carbocycles. The Morgan fingerprint density at radius 2 is 1.88 bits per heavy atom. The third kappa shape index (κ3) is 5.52. The highest BCUT2D eigenvalue weighted by atomic mass is 19.4. The van der Waals surface area contributed by atoms with Crippen LogP contribution in [0.5, 0.6) is 0 Å². The molecule has 1 spiro atoms. The Bertz CT molecular complexity index is 955. The lowest BCUT2D eigenvalue weighted by Gasteiger charge is -2.46. The number of ether oxygens (including phenoxy) is 1. The van der Waals surface area contributed by atoms with Crippen molar-refractivity contribution in [2.45, 2.75) is 31.5 Å². The van der Waals surface area contributed by atoms with Crippen molar-refractivity contribution in [1.29, 1.82) is 0 Å². The molecule has 10 nitrogen and oxygen atoms in total. The molecule has 1 amide bonds. The van der Waals surface area contributed by atoms with Gasteiger partial charge >= 0.3 is 12.1 Å². The minimum absolute atomic E-state index is 0.00884. The van der Waals surface area contributed by atoms with Gasteiger partial charge in [0.2, 0.25) is 0 Å². The number of hydrogen-bond acceptors (Lipinski definition) is 7. The maximum Gasteiger partial charge on any atom is 0.490 e. The van der Waals surface area contributed by atoms with Gasteiger partial charge in [-0.05, 0) is 31.9 Å². The molecule has 0 unspecified atom stereocenters. The molecule has 13 heteroatoms. The van der Waals surface area contributed by atoms with Crippen LogP contribution in [0.15, 0.2) is 24.5 Å². The second kappa shape index (κ2) is 9.10. The summed E-state index contributed by atoms with van der Waals surface area (Å²) in [6, 6.07) is 3.99. The molecule has 2 aromatic rings. The minimum Gasteiger partial charge on any atom is -0.475 e. The van der Waals surface area contributed by atoms with Gasteiger partial charge in [0, 0.05) is 26.3 Å². The van der Waals surface area contributed by atoms with E-state index in [0.29, 0.717) is 6.54 Å². The largest absolute Gasteiger partial charge is 0.490 e. The number of carbonyl (C=O) groups is 2. The smallest absolute Gasteiger partial charge is 0.475 e. The lowest BCUT2D eigenvalue weighted by Crippen LogP contribution is -2.59. The van der Waals surface area contributed by atoms with Crippen molar-refractivity contribution < 1.29 is 32.6 Å². The first-order valence-electron chi connectivity index (χ1n) is 9.77. The molecule has 0 aliphatic carbocycles. The topological polar surface area (TPSA) is 114 Å². The van der Waals surface area contributed by atoms with Crippen LogP contribution in [0.2, 0.25) is 0 Å². The van der Waals surface area contributed by atoms with Gasteiger partial charge in [-0.15, -0.1) is 5.10 Å². The van der Waals surface area contributed by atoms with Crippen molar-refractivity contribution in [3.8, 4) is 0 Å². The number of carboxylic acids is 1. The summed E-state index contributed by atoms with van der Waals surface area (Å²) in [4.78, 5) is 25.2. The lowest BCUT2D eigenvalue weighted by atomic mass is 9.89. The zero-order chi connectivity index (χ0) is 23.5. The molecule has 1 N–H and O–H groups in total. The van der Waals surface area contributed by atoms with Crippen LogP contribution >= 0.6 is 0 Å². The monoisotopic (exact) mass is 456 g/mol. The molecule has 4 heterocycles. The summed E-state index contributed by atoms with van der Waals surface area (Å²) in [5, 5.41) is 19.7. The SMILES string of the molecule is Cc1ccc(N2CCC3(CC2)CN(c2cnn(C)c2)C(=O)CO3)nn1.O=C(O)C(F)(F)F. The van der Waals surface area contributed by atoms with Crippen molar-refractivity contribution in [3.05, 3.63) is 30.2 Å². The van der Waals surface area contributed by atoms with Gasteiger partial charge in [0.25, 0.3) is 5.91 Å². The summed E-state index contributed by atoms with van der Waals surface area (Å²) >= 11 is 0. The number of rotatable bonds is 2. The number of aromatic nitrogens is 4. The molecular formula is C19H23F3N6O4. The summed E-state index contributed by atoms with van der Waals surface area (Å²) < 4.78 is 39.4. The third-order valence-corrected chi connectivity index (χ3v) is 5.28. The number of amides is 1. The van der Waals surface area contributed by atoms with E-state index in [2.05, 4.69) is 20.2 Å². The van der Waals surface area contributed by atoms with E-state index in [1.165, 1.54) is 0 Å². The van der Waals surface area contributed by atoms with E-state index in [1.54, 1.807) is 15.8 Å². The fourth-order valence-corrected chi connectivity index (χ4v) is 3.50. The first kappa shape index (κ1) is 23.4. The van der Waals surface area contributed by atoms with E-state index in [1.807, 2.05) is 32.3 Å². The molecule has 2 aliphatic heterocycles. The van der Waals surface area contributed by atoms with Crippen molar-refractivity contribution in [2.24, 2.45) is 7.05 Å². The number of morpholine rings is 1. The highest BCUT2D eigenvalue weighted by Gasteiger charge is 2.43. The van der Waals surface area contributed by atoms with Crippen molar-refractivity contribution >= 4 is 23.4 Å². The van der Waals surface area contributed by atoms with Crippen LogP contribution in [0.25, 0.3) is 0 Å². The van der Waals surface area contributed by atoms with Crippen LogP contribution in [0.1, 0.15) is 18.5 Å². The highest BCUT2D eigenvalue weighted by molar-refractivity contribution is 5.95. The summed E-state index contributed by atoms with van der Waals surface area (Å²) in [7, 11) is 1.85. The summed E-state index contributed by atoms with van der Waals surface area (Å²) in [6.45, 7) is 4.31. The van der Waals surface area contributed by atoms with E-state index < -0.39 is 12.1 Å². The van der Waals surface area contributed by atoms with Gasteiger partial charge in [-0.3, -0.25) is 9.48 Å². The molecule has 2 saturated heterocycles. The van der Waals surface area contributed by atoms with E-state index >= 15 is 0 Å². The number of aryl methyl sites for hydroxylation is 2.